The predicted octanol–water partition coefficient (Wildman–Crippen LogP) is 1.92. The summed E-state index contributed by atoms with van der Waals surface area (Å²) < 4.78 is 5.10. The van der Waals surface area contributed by atoms with Crippen LogP contribution in [-0.2, 0) is 9.53 Å². The molecule has 0 radical (unpaired) electrons. The third-order valence-electron chi connectivity index (χ3n) is 5.79. The summed E-state index contributed by atoms with van der Waals surface area (Å²) in [5.74, 6) is -0.0694. The Morgan fingerprint density at radius 1 is 1.10 bits per heavy atom. The van der Waals surface area contributed by atoms with Crippen molar-refractivity contribution in [3.8, 4) is 0 Å². The van der Waals surface area contributed by atoms with Crippen LogP contribution in [0.2, 0.25) is 0 Å². The maximum Gasteiger partial charge on any atom is 0.317 e. The Hall–Kier alpha value is -2.77. The molecule has 0 atom stereocenters. The SMILES string of the molecule is CCOC(=O)C1CCC(NC(=O)N2CCN(c3ccc(C(=N)N)cc3)CC2)CC1. The Kier molecular flexibility index (Phi) is 6.95. The summed E-state index contributed by atoms with van der Waals surface area (Å²) in [6.45, 7) is 5.11. The first-order chi connectivity index (χ1) is 14.0. The van der Waals surface area contributed by atoms with Crippen molar-refractivity contribution < 1.29 is 14.3 Å². The molecule has 2 amide bonds. The molecular formula is C21H31N5O3. The molecule has 2 aliphatic rings. The summed E-state index contributed by atoms with van der Waals surface area (Å²) in [6.07, 6.45) is 3.18. The molecule has 158 valence electrons. The number of anilines is 1. The van der Waals surface area contributed by atoms with Gasteiger partial charge >= 0.3 is 12.0 Å². The average molecular weight is 402 g/mol. The van der Waals surface area contributed by atoms with Gasteiger partial charge in [-0.2, -0.15) is 0 Å². The number of hydrogen-bond donors (Lipinski definition) is 3. The second-order valence-corrected chi connectivity index (χ2v) is 7.68. The number of amidine groups is 1. The lowest BCUT2D eigenvalue weighted by molar-refractivity contribution is -0.149. The minimum Gasteiger partial charge on any atom is -0.466 e. The number of urea groups is 1. The maximum atomic E-state index is 12.6. The number of nitrogens with two attached hydrogens (primary N) is 1. The smallest absolute Gasteiger partial charge is 0.317 e. The lowest BCUT2D eigenvalue weighted by Crippen LogP contribution is -2.54. The molecule has 8 nitrogen and oxygen atoms in total. The van der Waals surface area contributed by atoms with E-state index < -0.39 is 0 Å². The standard InChI is InChI=1S/C21H31N5O3/c1-2-29-20(27)16-3-7-17(8-4-16)24-21(28)26-13-11-25(12-14-26)18-9-5-15(6-10-18)19(22)23/h5-6,9-10,16-17H,2-4,7-8,11-14H2,1H3,(H3,22,23)(H,24,28). The number of nitrogens with one attached hydrogen (secondary N) is 2. The summed E-state index contributed by atoms with van der Waals surface area (Å²) in [5, 5.41) is 10.6. The van der Waals surface area contributed by atoms with Crippen molar-refractivity contribution in [2.45, 2.75) is 38.6 Å². The third-order valence-corrected chi connectivity index (χ3v) is 5.79. The highest BCUT2D eigenvalue weighted by Crippen LogP contribution is 2.25. The van der Waals surface area contributed by atoms with Gasteiger partial charge in [-0.1, -0.05) is 0 Å². The fourth-order valence-corrected chi connectivity index (χ4v) is 4.02. The van der Waals surface area contributed by atoms with E-state index in [0.717, 1.165) is 44.5 Å². The maximum absolute atomic E-state index is 12.6. The number of esters is 1. The molecule has 1 heterocycles. The highest BCUT2D eigenvalue weighted by atomic mass is 16.5. The van der Waals surface area contributed by atoms with Crippen LogP contribution in [0.4, 0.5) is 10.5 Å². The van der Waals surface area contributed by atoms with E-state index in [1.54, 1.807) is 0 Å². The number of nitrogen functional groups attached to an aromatic ring is 1. The van der Waals surface area contributed by atoms with E-state index in [-0.39, 0.29) is 29.8 Å². The van der Waals surface area contributed by atoms with Gasteiger partial charge < -0.3 is 25.6 Å². The average Bonchev–Trinajstić information content (AvgIpc) is 2.74. The first kappa shape index (κ1) is 21.0. The monoisotopic (exact) mass is 401 g/mol. The van der Waals surface area contributed by atoms with E-state index in [4.69, 9.17) is 15.9 Å². The molecular weight excluding hydrogens is 370 g/mol. The molecule has 1 aliphatic carbocycles. The van der Waals surface area contributed by atoms with Gasteiger partial charge in [0.15, 0.2) is 0 Å². The van der Waals surface area contributed by atoms with Crippen LogP contribution in [0.5, 0.6) is 0 Å². The minimum atomic E-state index is -0.107. The Balaban J connectivity index is 1.42. The molecule has 2 fully saturated rings. The van der Waals surface area contributed by atoms with Crippen LogP contribution in [0, 0.1) is 11.3 Å². The Bertz CT molecular complexity index is 720. The van der Waals surface area contributed by atoms with Crippen molar-refractivity contribution in [1.29, 1.82) is 5.41 Å². The minimum absolute atomic E-state index is 0.0174. The molecule has 29 heavy (non-hydrogen) atoms. The molecule has 0 bridgehead atoms. The Morgan fingerprint density at radius 2 is 1.72 bits per heavy atom. The molecule has 1 aromatic rings. The quantitative estimate of drug-likeness (QED) is 0.396. The molecule has 1 saturated carbocycles. The highest BCUT2D eigenvalue weighted by molar-refractivity contribution is 5.95. The second kappa shape index (κ2) is 9.62. The van der Waals surface area contributed by atoms with Crippen LogP contribution in [0.3, 0.4) is 0 Å². The number of rotatable bonds is 5. The number of piperazine rings is 1. The van der Waals surface area contributed by atoms with Crippen LogP contribution in [0.1, 0.15) is 38.2 Å². The van der Waals surface area contributed by atoms with Crippen molar-refractivity contribution in [3.63, 3.8) is 0 Å². The van der Waals surface area contributed by atoms with E-state index in [0.29, 0.717) is 25.3 Å². The summed E-state index contributed by atoms with van der Waals surface area (Å²) >= 11 is 0. The van der Waals surface area contributed by atoms with Gasteiger partial charge in [0.25, 0.3) is 0 Å². The van der Waals surface area contributed by atoms with Crippen LogP contribution < -0.4 is 16.0 Å². The number of hydrogen-bond acceptors (Lipinski definition) is 5. The van der Waals surface area contributed by atoms with Gasteiger partial charge in [0.05, 0.1) is 12.5 Å². The van der Waals surface area contributed by atoms with Gasteiger partial charge in [-0.15, -0.1) is 0 Å². The van der Waals surface area contributed by atoms with Crippen LogP contribution in [0.15, 0.2) is 24.3 Å². The lowest BCUT2D eigenvalue weighted by atomic mass is 9.86. The zero-order chi connectivity index (χ0) is 20.8. The van der Waals surface area contributed by atoms with Gasteiger partial charge in [0, 0.05) is 43.5 Å². The van der Waals surface area contributed by atoms with E-state index in [9.17, 15) is 9.59 Å². The molecule has 0 unspecified atom stereocenters. The molecule has 3 rings (SSSR count). The summed E-state index contributed by atoms with van der Waals surface area (Å²) in [4.78, 5) is 28.5. The first-order valence-electron chi connectivity index (χ1n) is 10.4. The molecule has 0 aromatic heterocycles. The van der Waals surface area contributed by atoms with Crippen molar-refractivity contribution >= 4 is 23.5 Å². The van der Waals surface area contributed by atoms with E-state index in [1.807, 2.05) is 36.1 Å². The number of amides is 2. The molecule has 1 saturated heterocycles. The van der Waals surface area contributed by atoms with Crippen LogP contribution in [0.25, 0.3) is 0 Å². The van der Waals surface area contributed by atoms with Gasteiger partial charge in [-0.25, -0.2) is 4.79 Å². The van der Waals surface area contributed by atoms with Crippen LogP contribution in [-0.4, -0.2) is 61.6 Å². The van der Waals surface area contributed by atoms with Gasteiger partial charge in [-0.3, -0.25) is 10.2 Å². The van der Waals surface area contributed by atoms with Crippen molar-refractivity contribution in [1.82, 2.24) is 10.2 Å². The summed E-state index contributed by atoms with van der Waals surface area (Å²) in [6, 6.07) is 7.75. The van der Waals surface area contributed by atoms with Crippen molar-refractivity contribution in [2.75, 3.05) is 37.7 Å². The largest absolute Gasteiger partial charge is 0.466 e. The predicted molar refractivity (Wildman–Crippen MR) is 112 cm³/mol. The van der Waals surface area contributed by atoms with E-state index >= 15 is 0 Å². The number of nitrogens with zero attached hydrogens (tertiary/aromatic N) is 2. The molecule has 8 heteroatoms. The zero-order valence-corrected chi connectivity index (χ0v) is 17.0. The molecule has 4 N–H and O–H groups in total. The van der Waals surface area contributed by atoms with Gasteiger partial charge in [0.1, 0.15) is 5.84 Å². The topological polar surface area (TPSA) is 112 Å². The fourth-order valence-electron chi connectivity index (χ4n) is 4.02. The van der Waals surface area contributed by atoms with E-state index in [1.165, 1.54) is 0 Å². The lowest BCUT2D eigenvalue weighted by Gasteiger charge is -2.37. The second-order valence-electron chi connectivity index (χ2n) is 7.68. The van der Waals surface area contributed by atoms with Gasteiger partial charge in [-0.05, 0) is 56.9 Å². The van der Waals surface area contributed by atoms with Crippen LogP contribution >= 0.6 is 0 Å². The molecule has 0 spiro atoms. The number of benzene rings is 1. The van der Waals surface area contributed by atoms with Crippen molar-refractivity contribution in [2.24, 2.45) is 11.7 Å². The Morgan fingerprint density at radius 3 is 2.28 bits per heavy atom. The first-order valence-corrected chi connectivity index (χ1v) is 10.4. The van der Waals surface area contributed by atoms with Crippen molar-refractivity contribution in [3.05, 3.63) is 29.8 Å². The Labute approximate surface area is 171 Å². The zero-order valence-electron chi connectivity index (χ0n) is 17.0. The number of ether oxygens (including phenoxy) is 1. The summed E-state index contributed by atoms with van der Waals surface area (Å²) in [5.41, 5.74) is 7.29. The number of carbonyl (C=O) groups is 2. The van der Waals surface area contributed by atoms with E-state index in [2.05, 4.69) is 10.2 Å². The summed E-state index contributed by atoms with van der Waals surface area (Å²) in [7, 11) is 0. The fraction of sp³-hybridized carbons (Fsp3) is 0.571. The molecule has 1 aliphatic heterocycles. The highest BCUT2D eigenvalue weighted by Gasteiger charge is 2.29. The third kappa shape index (κ3) is 5.40. The number of carbonyl (C=O) groups excluding carboxylic acids is 2. The normalized spacial score (nSPS) is 22.1. The molecule has 1 aromatic carbocycles. The van der Waals surface area contributed by atoms with Gasteiger partial charge in [0.2, 0.25) is 0 Å².